The highest BCUT2D eigenvalue weighted by Gasteiger charge is 2.15. The van der Waals surface area contributed by atoms with Gasteiger partial charge in [0.15, 0.2) is 0 Å². The van der Waals surface area contributed by atoms with E-state index < -0.39 is 11.9 Å². The number of likely N-dealkylation sites (N-methyl/N-ethyl adjacent to an activating group) is 1. The van der Waals surface area contributed by atoms with Gasteiger partial charge in [0, 0.05) is 35.3 Å². The van der Waals surface area contributed by atoms with E-state index in [1.165, 1.54) is 10.5 Å². The van der Waals surface area contributed by atoms with Gasteiger partial charge in [0.1, 0.15) is 6.61 Å². The lowest BCUT2D eigenvalue weighted by molar-refractivity contribution is -0.144. The van der Waals surface area contributed by atoms with Crippen LogP contribution in [-0.4, -0.2) is 60.3 Å². The van der Waals surface area contributed by atoms with E-state index in [1.54, 1.807) is 11.8 Å². The van der Waals surface area contributed by atoms with Crippen LogP contribution < -0.4 is 0 Å². The Morgan fingerprint density at radius 2 is 1.47 bits per heavy atom. The molecule has 0 bridgehead atoms. The molecule has 0 spiro atoms. The molecule has 0 aliphatic heterocycles. The van der Waals surface area contributed by atoms with Gasteiger partial charge in [-0.05, 0) is 38.2 Å². The van der Waals surface area contributed by atoms with Gasteiger partial charge in [-0.25, -0.2) is 9.59 Å². The van der Waals surface area contributed by atoms with Crippen LogP contribution in [0.25, 0.3) is 0 Å². The number of thioether (sulfide) groups is 1. The van der Waals surface area contributed by atoms with Gasteiger partial charge in [-0.1, -0.05) is 48.5 Å². The Kier molecular flexibility index (Phi) is 13.2. The third-order valence-electron chi connectivity index (χ3n) is 3.97. The summed E-state index contributed by atoms with van der Waals surface area (Å²) in [6.45, 7) is 1.21. The van der Waals surface area contributed by atoms with E-state index >= 15 is 0 Å². The second kappa shape index (κ2) is 15.7. The Bertz CT molecular complexity index is 839. The summed E-state index contributed by atoms with van der Waals surface area (Å²) in [5.74, 6) is -2.63. The van der Waals surface area contributed by atoms with E-state index in [0.29, 0.717) is 25.2 Å². The Balaban J connectivity index is 0.000000547. The van der Waals surface area contributed by atoms with E-state index in [0.717, 1.165) is 13.0 Å². The summed E-state index contributed by atoms with van der Waals surface area (Å²) >= 11 is 1.80. The van der Waals surface area contributed by atoms with Crippen molar-refractivity contribution < 1.29 is 29.3 Å². The predicted octanol–water partition coefficient (Wildman–Crippen LogP) is 4.12. The zero-order valence-electron chi connectivity index (χ0n) is 18.2. The van der Waals surface area contributed by atoms with Crippen molar-refractivity contribution >= 4 is 29.7 Å². The zero-order chi connectivity index (χ0) is 23.8. The summed E-state index contributed by atoms with van der Waals surface area (Å²) in [7, 11) is 3.94. The monoisotopic (exact) mass is 459 g/mol. The maximum Gasteiger partial charge on any atom is 0.328 e. The summed E-state index contributed by atoms with van der Waals surface area (Å²) in [6.07, 6.45) is 2.32. The number of nitrogens with zero attached hydrogens (tertiary/aromatic N) is 1. The average molecular weight is 460 g/mol. The van der Waals surface area contributed by atoms with Crippen LogP contribution in [0, 0.1) is 0 Å². The molecular weight excluding hydrogens is 430 g/mol. The average Bonchev–Trinajstić information content (AvgIpc) is 2.76. The summed E-state index contributed by atoms with van der Waals surface area (Å²) in [5, 5.41) is 15.9. The molecule has 8 heteroatoms. The molecule has 1 atom stereocenters. The molecule has 1 unspecified atom stereocenters. The molecule has 2 aromatic carbocycles. The third kappa shape index (κ3) is 13.3. The second-order valence-electron chi connectivity index (χ2n) is 6.90. The van der Waals surface area contributed by atoms with Crippen molar-refractivity contribution in [1.29, 1.82) is 0 Å². The largest absolute Gasteiger partial charge is 0.478 e. The molecule has 0 aliphatic rings. The fraction of sp³-hybridized carbons (Fsp3) is 0.292. The molecular formula is C24H29NO6S. The molecule has 7 nitrogen and oxygen atoms in total. The van der Waals surface area contributed by atoms with E-state index in [2.05, 4.69) is 24.3 Å². The van der Waals surface area contributed by atoms with Crippen LogP contribution in [0.1, 0.15) is 23.7 Å². The number of benzene rings is 2. The Hall–Kier alpha value is -3.10. The van der Waals surface area contributed by atoms with Gasteiger partial charge in [-0.15, -0.1) is 11.8 Å². The number of hydrogen-bond acceptors (Lipinski definition) is 6. The topological polar surface area (TPSA) is 104 Å². The molecule has 2 N–H and O–H groups in total. The van der Waals surface area contributed by atoms with Gasteiger partial charge in [0.25, 0.3) is 0 Å². The van der Waals surface area contributed by atoms with Crippen molar-refractivity contribution in [3.05, 3.63) is 78.4 Å². The number of carbonyl (C=O) groups excluding carboxylic acids is 1. The number of aliphatic carboxylic acids is 2. The summed E-state index contributed by atoms with van der Waals surface area (Å²) in [6, 6.07) is 20.7. The number of esters is 1. The maximum absolute atomic E-state index is 12.0. The summed E-state index contributed by atoms with van der Waals surface area (Å²) < 4.78 is 5.30. The quantitative estimate of drug-likeness (QED) is 0.294. The molecule has 0 radical (unpaired) electrons. The van der Waals surface area contributed by atoms with Crippen molar-refractivity contribution in [2.24, 2.45) is 0 Å². The highest BCUT2D eigenvalue weighted by atomic mass is 32.2. The van der Waals surface area contributed by atoms with Crippen molar-refractivity contribution in [2.75, 3.05) is 27.2 Å². The van der Waals surface area contributed by atoms with Crippen LogP contribution in [-0.2, 0) is 19.1 Å². The van der Waals surface area contributed by atoms with Crippen LogP contribution >= 0.6 is 11.8 Å². The van der Waals surface area contributed by atoms with Crippen LogP contribution in [0.15, 0.2) is 77.7 Å². The first-order valence-corrected chi connectivity index (χ1v) is 10.9. The van der Waals surface area contributed by atoms with Crippen LogP contribution in [0.2, 0.25) is 0 Å². The zero-order valence-corrected chi connectivity index (χ0v) is 19.0. The molecule has 0 heterocycles. The first kappa shape index (κ1) is 26.9. The molecule has 0 saturated heterocycles. The Morgan fingerprint density at radius 1 is 0.938 bits per heavy atom. The standard InChI is InChI=1S/C20H25NO2S.C4H4O4/c1-21(2)15-16-23-20(22)14-13-19(17-9-5-3-6-10-17)24-18-11-7-4-8-12-18;5-3(6)1-2-4(7)8/h3-12,19H,13-16H2,1-2H3;1-2H,(H,5,6)(H,7,8)/b;2-1-. The van der Waals surface area contributed by atoms with Crippen molar-refractivity contribution in [2.45, 2.75) is 23.0 Å². The summed E-state index contributed by atoms with van der Waals surface area (Å²) in [5.41, 5.74) is 1.24. The van der Waals surface area contributed by atoms with E-state index in [4.69, 9.17) is 14.9 Å². The number of ether oxygens (including phenoxy) is 1. The number of rotatable bonds is 11. The lowest BCUT2D eigenvalue weighted by Crippen LogP contribution is -2.20. The fourth-order valence-electron chi connectivity index (χ4n) is 2.43. The van der Waals surface area contributed by atoms with E-state index in [9.17, 15) is 14.4 Å². The third-order valence-corrected chi connectivity index (χ3v) is 5.31. The fourth-order valence-corrected chi connectivity index (χ4v) is 3.60. The smallest absolute Gasteiger partial charge is 0.328 e. The highest BCUT2D eigenvalue weighted by molar-refractivity contribution is 7.99. The van der Waals surface area contributed by atoms with Gasteiger partial charge < -0.3 is 19.8 Å². The van der Waals surface area contributed by atoms with Gasteiger partial charge in [0.05, 0.1) is 0 Å². The van der Waals surface area contributed by atoms with Crippen molar-refractivity contribution in [3.8, 4) is 0 Å². The molecule has 2 rings (SSSR count). The van der Waals surface area contributed by atoms with Gasteiger partial charge in [0.2, 0.25) is 0 Å². The van der Waals surface area contributed by atoms with Crippen LogP contribution in [0.5, 0.6) is 0 Å². The number of carboxylic acids is 2. The van der Waals surface area contributed by atoms with Gasteiger partial charge >= 0.3 is 17.9 Å². The first-order valence-electron chi connectivity index (χ1n) is 9.99. The molecule has 32 heavy (non-hydrogen) atoms. The number of carboxylic acid groups (broad SMARTS) is 2. The van der Waals surface area contributed by atoms with Crippen LogP contribution in [0.4, 0.5) is 0 Å². The number of carbonyl (C=O) groups is 3. The van der Waals surface area contributed by atoms with Crippen molar-refractivity contribution in [3.63, 3.8) is 0 Å². The summed E-state index contributed by atoms with van der Waals surface area (Å²) in [4.78, 5) is 34.3. The minimum Gasteiger partial charge on any atom is -0.478 e. The molecule has 172 valence electrons. The normalized spacial score (nSPS) is 11.5. The molecule has 0 saturated carbocycles. The second-order valence-corrected chi connectivity index (χ2v) is 8.18. The number of hydrogen-bond donors (Lipinski definition) is 2. The van der Waals surface area contributed by atoms with Gasteiger partial charge in [-0.2, -0.15) is 0 Å². The predicted molar refractivity (Wildman–Crippen MR) is 125 cm³/mol. The van der Waals surface area contributed by atoms with Crippen LogP contribution in [0.3, 0.4) is 0 Å². The minimum atomic E-state index is -1.26. The molecule has 0 amide bonds. The minimum absolute atomic E-state index is 0.119. The molecule has 0 fully saturated rings. The SMILES string of the molecule is CN(C)CCOC(=O)CCC(Sc1ccccc1)c1ccccc1.O=C(O)/C=C\C(=O)O. The molecule has 2 aromatic rings. The van der Waals surface area contributed by atoms with Crippen molar-refractivity contribution in [1.82, 2.24) is 4.90 Å². The molecule has 0 aliphatic carbocycles. The van der Waals surface area contributed by atoms with E-state index in [1.807, 2.05) is 55.4 Å². The first-order chi connectivity index (χ1) is 15.3. The highest BCUT2D eigenvalue weighted by Crippen LogP contribution is 2.38. The van der Waals surface area contributed by atoms with Gasteiger partial charge in [-0.3, -0.25) is 4.79 Å². The lowest BCUT2D eigenvalue weighted by Gasteiger charge is -2.17. The maximum atomic E-state index is 12.0. The van der Waals surface area contributed by atoms with E-state index in [-0.39, 0.29) is 11.2 Å². The lowest BCUT2D eigenvalue weighted by atomic mass is 10.1. The molecule has 0 aromatic heterocycles. The Labute approximate surface area is 192 Å². The Morgan fingerprint density at radius 3 is 1.97 bits per heavy atom.